The Morgan fingerprint density at radius 2 is 1.79 bits per heavy atom. The molecule has 0 spiro atoms. The Hall–Kier alpha value is -1.28. The van der Waals surface area contributed by atoms with Crippen LogP contribution in [0.4, 0.5) is 0 Å². The summed E-state index contributed by atoms with van der Waals surface area (Å²) in [5, 5.41) is 0.195. The van der Waals surface area contributed by atoms with Crippen LogP contribution in [0.5, 0.6) is 0 Å². The number of hydrogen-bond acceptors (Lipinski definition) is 1. The molecule has 0 bridgehead atoms. The van der Waals surface area contributed by atoms with E-state index in [9.17, 15) is 0 Å². The lowest BCUT2D eigenvalue weighted by atomic mass is 10.1. The predicted molar refractivity (Wildman–Crippen MR) is 87.6 cm³/mol. The third-order valence-electron chi connectivity index (χ3n) is 3.87. The maximum Gasteiger partial charge on any atom is 0.250 e. The van der Waals surface area contributed by atoms with Crippen LogP contribution in [0.3, 0.4) is 0 Å². The smallest absolute Gasteiger partial charge is 0.250 e. The van der Waals surface area contributed by atoms with Gasteiger partial charge in [-0.1, -0.05) is 51.6 Å². The molecule has 0 aliphatic heterocycles. The van der Waals surface area contributed by atoms with Crippen molar-refractivity contribution in [3.8, 4) is 0 Å². The van der Waals surface area contributed by atoms with E-state index in [1.165, 1.54) is 11.1 Å². The molecule has 1 aromatic carbocycles. The van der Waals surface area contributed by atoms with Gasteiger partial charge < -0.3 is 4.43 Å². The number of rotatable bonds is 4. The standard InChI is InChI=1S/C17H26OSi/c1-8-16(18-19(6,7)17(3,4)5)13-15-12-10-9-11-14(15)2/h8-13H,1H2,2-7H3/b16-13+. The largest absolute Gasteiger partial charge is 0.544 e. The van der Waals surface area contributed by atoms with Gasteiger partial charge in [-0.05, 0) is 48.3 Å². The van der Waals surface area contributed by atoms with Crippen LogP contribution >= 0.6 is 0 Å². The Balaban J connectivity index is 3.04. The highest BCUT2D eigenvalue weighted by atomic mass is 28.4. The molecule has 1 nitrogen and oxygen atoms in total. The molecule has 104 valence electrons. The minimum atomic E-state index is -1.80. The molecule has 0 unspecified atom stereocenters. The molecule has 1 aromatic rings. The molecule has 19 heavy (non-hydrogen) atoms. The lowest BCUT2D eigenvalue weighted by molar-refractivity contribution is 0.404. The molecule has 0 aromatic heterocycles. The molecule has 0 N–H and O–H groups in total. The van der Waals surface area contributed by atoms with Crippen LogP contribution in [0, 0.1) is 6.92 Å². The summed E-state index contributed by atoms with van der Waals surface area (Å²) in [5.74, 6) is 0.876. The van der Waals surface area contributed by atoms with Gasteiger partial charge in [-0.3, -0.25) is 0 Å². The second-order valence-corrected chi connectivity index (χ2v) is 11.2. The molecule has 0 atom stereocenters. The van der Waals surface area contributed by atoms with E-state index in [1.807, 2.05) is 12.1 Å². The van der Waals surface area contributed by atoms with Gasteiger partial charge >= 0.3 is 0 Å². The number of benzene rings is 1. The summed E-state index contributed by atoms with van der Waals surface area (Å²) in [7, 11) is -1.80. The summed E-state index contributed by atoms with van der Waals surface area (Å²) in [6, 6.07) is 8.31. The monoisotopic (exact) mass is 274 g/mol. The van der Waals surface area contributed by atoms with Gasteiger partial charge in [0, 0.05) is 0 Å². The van der Waals surface area contributed by atoms with Crippen molar-refractivity contribution in [2.45, 2.75) is 45.8 Å². The van der Waals surface area contributed by atoms with Gasteiger partial charge in [-0.2, -0.15) is 0 Å². The average Bonchev–Trinajstić information content (AvgIpc) is 2.29. The van der Waals surface area contributed by atoms with Crippen LogP contribution < -0.4 is 0 Å². The minimum absolute atomic E-state index is 0.195. The first-order valence-electron chi connectivity index (χ1n) is 6.76. The first-order valence-corrected chi connectivity index (χ1v) is 9.67. The molecule has 0 heterocycles. The topological polar surface area (TPSA) is 9.23 Å². The Labute approximate surface area is 119 Å². The van der Waals surface area contributed by atoms with E-state index < -0.39 is 8.32 Å². The maximum atomic E-state index is 6.29. The normalized spacial score (nSPS) is 13.3. The third-order valence-corrected chi connectivity index (χ3v) is 8.22. The van der Waals surface area contributed by atoms with E-state index in [-0.39, 0.29) is 5.04 Å². The fourth-order valence-corrected chi connectivity index (χ4v) is 2.52. The Bertz CT molecular complexity index is 478. The van der Waals surface area contributed by atoms with Crippen LogP contribution in [0.2, 0.25) is 18.1 Å². The summed E-state index contributed by atoms with van der Waals surface area (Å²) in [4.78, 5) is 0. The zero-order valence-electron chi connectivity index (χ0n) is 13.1. The fourth-order valence-electron chi connectivity index (χ4n) is 1.48. The summed E-state index contributed by atoms with van der Waals surface area (Å²) in [5.41, 5.74) is 2.44. The van der Waals surface area contributed by atoms with Crippen molar-refractivity contribution in [2.24, 2.45) is 0 Å². The summed E-state index contributed by atoms with van der Waals surface area (Å²) >= 11 is 0. The van der Waals surface area contributed by atoms with Crippen molar-refractivity contribution in [1.82, 2.24) is 0 Å². The molecule has 0 fully saturated rings. The number of aryl methyl sites for hydroxylation is 1. The highest BCUT2D eigenvalue weighted by molar-refractivity contribution is 6.74. The van der Waals surface area contributed by atoms with Crippen molar-refractivity contribution in [2.75, 3.05) is 0 Å². The molecule has 0 saturated carbocycles. The summed E-state index contributed by atoms with van der Waals surface area (Å²) in [6.07, 6.45) is 3.90. The van der Waals surface area contributed by atoms with E-state index in [2.05, 4.69) is 71.6 Å². The van der Waals surface area contributed by atoms with Crippen molar-refractivity contribution in [3.05, 3.63) is 53.8 Å². The average molecular weight is 274 g/mol. The van der Waals surface area contributed by atoms with Gasteiger partial charge in [-0.25, -0.2) is 0 Å². The van der Waals surface area contributed by atoms with Gasteiger partial charge in [0.2, 0.25) is 8.32 Å². The van der Waals surface area contributed by atoms with Crippen molar-refractivity contribution in [3.63, 3.8) is 0 Å². The van der Waals surface area contributed by atoms with Crippen LogP contribution in [0.1, 0.15) is 31.9 Å². The van der Waals surface area contributed by atoms with E-state index in [0.29, 0.717) is 0 Å². The van der Waals surface area contributed by atoms with Gasteiger partial charge in [0.25, 0.3) is 0 Å². The molecule has 0 radical (unpaired) electrons. The highest BCUT2D eigenvalue weighted by Crippen LogP contribution is 2.38. The van der Waals surface area contributed by atoms with Crippen LogP contribution in [-0.4, -0.2) is 8.32 Å². The van der Waals surface area contributed by atoms with Crippen molar-refractivity contribution in [1.29, 1.82) is 0 Å². The SMILES string of the molecule is C=C/C(=C\c1ccccc1C)O[Si](C)(C)C(C)(C)C. The fraction of sp³-hybridized carbons (Fsp3) is 0.412. The molecule has 2 heteroatoms. The molecular formula is C17H26OSi. The lowest BCUT2D eigenvalue weighted by Gasteiger charge is -2.36. The Kier molecular flexibility index (Phi) is 4.80. The van der Waals surface area contributed by atoms with Gasteiger partial charge in [0.15, 0.2) is 0 Å². The Morgan fingerprint density at radius 3 is 2.26 bits per heavy atom. The first-order chi connectivity index (χ1) is 8.67. The zero-order valence-corrected chi connectivity index (χ0v) is 14.1. The molecule has 0 aliphatic rings. The number of allylic oxidation sites excluding steroid dienone is 1. The molecule has 0 aliphatic carbocycles. The molecule has 1 rings (SSSR count). The molecular weight excluding hydrogens is 248 g/mol. The third kappa shape index (κ3) is 4.10. The zero-order chi connectivity index (χ0) is 14.7. The summed E-state index contributed by atoms with van der Waals surface area (Å²) in [6.45, 7) is 17.2. The minimum Gasteiger partial charge on any atom is -0.544 e. The quantitative estimate of drug-likeness (QED) is 0.398. The van der Waals surface area contributed by atoms with E-state index in [4.69, 9.17) is 4.43 Å². The van der Waals surface area contributed by atoms with Crippen LogP contribution in [0.15, 0.2) is 42.7 Å². The summed E-state index contributed by atoms with van der Waals surface area (Å²) < 4.78 is 6.29. The van der Waals surface area contributed by atoms with E-state index >= 15 is 0 Å². The van der Waals surface area contributed by atoms with Crippen LogP contribution in [-0.2, 0) is 4.43 Å². The highest BCUT2D eigenvalue weighted by Gasteiger charge is 2.39. The predicted octanol–water partition coefficient (Wildman–Crippen LogP) is 5.54. The number of hydrogen-bond donors (Lipinski definition) is 0. The molecule has 0 saturated heterocycles. The van der Waals surface area contributed by atoms with E-state index in [0.717, 1.165) is 5.76 Å². The second kappa shape index (κ2) is 5.79. The van der Waals surface area contributed by atoms with Crippen molar-refractivity contribution >= 4 is 14.4 Å². The van der Waals surface area contributed by atoms with Gasteiger partial charge in [0.1, 0.15) is 5.76 Å². The lowest BCUT2D eigenvalue weighted by Crippen LogP contribution is -2.40. The second-order valence-electron chi connectivity index (χ2n) is 6.47. The maximum absolute atomic E-state index is 6.29. The van der Waals surface area contributed by atoms with Crippen LogP contribution in [0.25, 0.3) is 6.08 Å². The van der Waals surface area contributed by atoms with E-state index in [1.54, 1.807) is 0 Å². The van der Waals surface area contributed by atoms with Gasteiger partial charge in [0.05, 0.1) is 0 Å². The van der Waals surface area contributed by atoms with Crippen molar-refractivity contribution < 1.29 is 4.43 Å². The van der Waals surface area contributed by atoms with Gasteiger partial charge in [-0.15, -0.1) is 0 Å². The molecule has 0 amide bonds. The first kappa shape index (κ1) is 15.8. The Morgan fingerprint density at radius 1 is 1.21 bits per heavy atom.